The minimum Gasteiger partial charge on any atom is -0.336 e. The van der Waals surface area contributed by atoms with Crippen molar-refractivity contribution in [1.82, 2.24) is 14.5 Å². The number of benzene rings is 2. The lowest BCUT2D eigenvalue weighted by molar-refractivity contribution is -0.131. The largest absolute Gasteiger partial charge is 0.336 e. The number of aryl methyl sites for hydroxylation is 3. The van der Waals surface area contributed by atoms with E-state index in [1.54, 1.807) is 7.05 Å². The van der Waals surface area contributed by atoms with E-state index in [2.05, 4.69) is 21.8 Å². The molecule has 0 aliphatic rings. The summed E-state index contributed by atoms with van der Waals surface area (Å²) in [7, 11) is 1.64. The molecular weight excluding hydrogens is 432 g/mol. The number of nitrogens with zero attached hydrogens (tertiary/aromatic N) is 3. The smallest absolute Gasteiger partial charge is 0.243 e. The average Bonchev–Trinajstić information content (AvgIpc) is 3.05. The Hall–Kier alpha value is -2.51. The molecule has 0 saturated carbocycles. The fraction of sp³-hybridized carbons (Fsp3) is 0.348. The zero-order valence-electron chi connectivity index (χ0n) is 18.2. The Morgan fingerprint density at radius 2 is 1.90 bits per heavy atom. The van der Waals surface area contributed by atoms with E-state index < -0.39 is 0 Å². The van der Waals surface area contributed by atoms with Gasteiger partial charge in [0.05, 0.1) is 23.3 Å². The summed E-state index contributed by atoms with van der Waals surface area (Å²) in [6.45, 7) is 6.80. The molecule has 1 heterocycles. The summed E-state index contributed by atoms with van der Waals surface area (Å²) in [5, 5.41) is 4.33. The topological polar surface area (TPSA) is 67.2 Å². The molecular formula is C23H27ClN4O2S. The highest BCUT2D eigenvalue weighted by Crippen LogP contribution is 2.27. The number of likely N-dealkylation sites (N-methyl/N-ethyl adjacent to an activating group) is 1. The van der Waals surface area contributed by atoms with Gasteiger partial charge < -0.3 is 14.8 Å². The highest BCUT2D eigenvalue weighted by molar-refractivity contribution is 7.99. The Bertz CT molecular complexity index is 1090. The second-order valence-corrected chi connectivity index (χ2v) is 8.91. The number of imidazole rings is 1. The van der Waals surface area contributed by atoms with Crippen LogP contribution in [0.3, 0.4) is 0 Å². The number of carbonyl (C=O) groups excluding carboxylic acids is 2. The van der Waals surface area contributed by atoms with Gasteiger partial charge >= 0.3 is 0 Å². The van der Waals surface area contributed by atoms with Gasteiger partial charge in [0, 0.05) is 24.3 Å². The minimum absolute atomic E-state index is 0.00580. The standard InChI is InChI=1S/C23H27ClN4O2S/c1-5-11-28-19-10-9-17(24)12-18(19)25-23(28)31-14-21(30)27(4)13-20(29)26-22-15(2)7-6-8-16(22)3/h6-10,12H,5,11,13-14H2,1-4H3,(H,26,29). The third kappa shape index (κ3) is 5.60. The molecule has 6 nitrogen and oxygen atoms in total. The number of hydrogen-bond acceptors (Lipinski definition) is 4. The van der Waals surface area contributed by atoms with Crippen LogP contribution in [-0.2, 0) is 16.1 Å². The van der Waals surface area contributed by atoms with Gasteiger partial charge in [-0.1, -0.05) is 48.5 Å². The fourth-order valence-electron chi connectivity index (χ4n) is 3.36. The Balaban J connectivity index is 1.62. The second kappa shape index (κ2) is 10.2. The van der Waals surface area contributed by atoms with Gasteiger partial charge in [-0.05, 0) is 49.6 Å². The number of carbonyl (C=O) groups is 2. The highest BCUT2D eigenvalue weighted by atomic mass is 35.5. The molecule has 3 aromatic rings. The number of anilines is 1. The summed E-state index contributed by atoms with van der Waals surface area (Å²) in [5.74, 6) is -0.144. The predicted molar refractivity (Wildman–Crippen MR) is 128 cm³/mol. The Morgan fingerprint density at radius 3 is 2.58 bits per heavy atom. The van der Waals surface area contributed by atoms with E-state index in [1.165, 1.54) is 16.7 Å². The van der Waals surface area contributed by atoms with Gasteiger partial charge in [-0.25, -0.2) is 4.98 Å². The molecule has 0 saturated heterocycles. The van der Waals surface area contributed by atoms with Gasteiger partial charge in [-0.15, -0.1) is 0 Å². The Kier molecular flexibility index (Phi) is 7.62. The van der Waals surface area contributed by atoms with Crippen molar-refractivity contribution in [3.05, 3.63) is 52.5 Å². The summed E-state index contributed by atoms with van der Waals surface area (Å²) < 4.78 is 2.11. The SMILES string of the molecule is CCCn1c(SCC(=O)N(C)CC(=O)Nc2c(C)cccc2C)nc2cc(Cl)ccc21. The van der Waals surface area contributed by atoms with Crippen molar-refractivity contribution in [2.24, 2.45) is 0 Å². The molecule has 8 heteroatoms. The van der Waals surface area contributed by atoms with E-state index in [-0.39, 0.29) is 24.1 Å². The van der Waals surface area contributed by atoms with E-state index in [9.17, 15) is 9.59 Å². The average molecular weight is 459 g/mol. The van der Waals surface area contributed by atoms with E-state index in [1.807, 2.05) is 50.2 Å². The first-order chi connectivity index (χ1) is 14.8. The van der Waals surface area contributed by atoms with E-state index in [4.69, 9.17) is 11.6 Å². The maximum absolute atomic E-state index is 12.6. The van der Waals surface area contributed by atoms with E-state index in [0.29, 0.717) is 5.02 Å². The molecule has 0 spiro atoms. The molecule has 0 radical (unpaired) electrons. The molecule has 31 heavy (non-hydrogen) atoms. The number of para-hydroxylation sites is 1. The maximum atomic E-state index is 12.6. The monoisotopic (exact) mass is 458 g/mol. The van der Waals surface area contributed by atoms with Gasteiger partial charge in [0.25, 0.3) is 0 Å². The molecule has 1 N–H and O–H groups in total. The minimum atomic E-state index is -0.217. The Labute approximate surface area is 192 Å². The Morgan fingerprint density at radius 1 is 1.19 bits per heavy atom. The quantitative estimate of drug-likeness (QED) is 0.487. The van der Waals surface area contributed by atoms with Crippen molar-refractivity contribution < 1.29 is 9.59 Å². The third-order valence-electron chi connectivity index (χ3n) is 5.00. The number of amides is 2. The van der Waals surface area contributed by atoms with Gasteiger partial charge in [-0.3, -0.25) is 9.59 Å². The van der Waals surface area contributed by atoms with Crippen LogP contribution in [0.15, 0.2) is 41.6 Å². The number of thioether (sulfide) groups is 1. The first kappa shape index (κ1) is 23.2. The molecule has 0 unspecified atom stereocenters. The van der Waals surface area contributed by atoms with Crippen LogP contribution in [0.1, 0.15) is 24.5 Å². The van der Waals surface area contributed by atoms with Gasteiger partial charge in [0.1, 0.15) is 0 Å². The summed E-state index contributed by atoms with van der Waals surface area (Å²) in [6.07, 6.45) is 0.952. The third-order valence-corrected chi connectivity index (χ3v) is 6.20. The fourth-order valence-corrected chi connectivity index (χ4v) is 4.51. The summed E-state index contributed by atoms with van der Waals surface area (Å²) >= 11 is 7.47. The van der Waals surface area contributed by atoms with Gasteiger partial charge in [0.2, 0.25) is 11.8 Å². The number of fused-ring (bicyclic) bond motifs is 1. The zero-order valence-corrected chi connectivity index (χ0v) is 19.8. The molecule has 1 aromatic heterocycles. The number of rotatable bonds is 8. The summed E-state index contributed by atoms with van der Waals surface area (Å²) in [5.41, 5.74) is 4.61. The summed E-state index contributed by atoms with van der Waals surface area (Å²) in [6, 6.07) is 11.5. The molecule has 3 rings (SSSR count). The highest BCUT2D eigenvalue weighted by Gasteiger charge is 2.17. The first-order valence-electron chi connectivity index (χ1n) is 10.2. The van der Waals surface area contributed by atoms with Crippen LogP contribution >= 0.6 is 23.4 Å². The van der Waals surface area contributed by atoms with Crippen LogP contribution in [0.25, 0.3) is 11.0 Å². The van der Waals surface area contributed by atoms with Crippen molar-refractivity contribution in [3.63, 3.8) is 0 Å². The number of aromatic nitrogens is 2. The lowest BCUT2D eigenvalue weighted by Crippen LogP contribution is -2.36. The molecule has 0 fully saturated rings. The molecule has 0 aliphatic carbocycles. The lowest BCUT2D eigenvalue weighted by Gasteiger charge is -2.18. The van der Waals surface area contributed by atoms with Crippen LogP contribution in [0.4, 0.5) is 5.69 Å². The molecule has 0 aliphatic heterocycles. The lowest BCUT2D eigenvalue weighted by atomic mass is 10.1. The number of hydrogen-bond donors (Lipinski definition) is 1. The van der Waals surface area contributed by atoms with Crippen molar-refractivity contribution in [1.29, 1.82) is 0 Å². The maximum Gasteiger partial charge on any atom is 0.243 e. The van der Waals surface area contributed by atoms with Crippen molar-refractivity contribution >= 4 is 51.9 Å². The molecule has 2 amide bonds. The number of nitrogens with one attached hydrogen (secondary N) is 1. The molecule has 164 valence electrons. The predicted octanol–water partition coefficient (Wildman–Crippen LogP) is 4.91. The number of halogens is 1. The van der Waals surface area contributed by atoms with Gasteiger partial charge in [-0.2, -0.15) is 0 Å². The van der Waals surface area contributed by atoms with Gasteiger partial charge in [0.15, 0.2) is 5.16 Å². The summed E-state index contributed by atoms with van der Waals surface area (Å²) in [4.78, 5) is 31.2. The van der Waals surface area contributed by atoms with Crippen LogP contribution in [-0.4, -0.2) is 45.6 Å². The van der Waals surface area contributed by atoms with E-state index in [0.717, 1.165) is 46.0 Å². The molecule has 0 atom stereocenters. The molecule has 2 aromatic carbocycles. The van der Waals surface area contributed by atoms with Crippen molar-refractivity contribution in [3.8, 4) is 0 Å². The molecule has 0 bridgehead atoms. The first-order valence-corrected chi connectivity index (χ1v) is 11.5. The van der Waals surface area contributed by atoms with Crippen LogP contribution in [0.5, 0.6) is 0 Å². The van der Waals surface area contributed by atoms with Crippen molar-refractivity contribution in [2.45, 2.75) is 38.9 Å². The van der Waals surface area contributed by atoms with Crippen LogP contribution in [0, 0.1) is 13.8 Å². The second-order valence-electron chi connectivity index (χ2n) is 7.53. The normalized spacial score (nSPS) is 11.0. The van der Waals surface area contributed by atoms with Crippen LogP contribution < -0.4 is 5.32 Å². The van der Waals surface area contributed by atoms with Crippen molar-refractivity contribution in [2.75, 3.05) is 24.7 Å². The zero-order chi connectivity index (χ0) is 22.5. The van der Waals surface area contributed by atoms with Crippen LogP contribution in [0.2, 0.25) is 5.02 Å². The van der Waals surface area contributed by atoms with E-state index >= 15 is 0 Å².